The molecule has 1 saturated heterocycles. The van der Waals surface area contributed by atoms with Gasteiger partial charge in [0.2, 0.25) is 0 Å². The van der Waals surface area contributed by atoms with Crippen LogP contribution in [0.3, 0.4) is 0 Å². The van der Waals surface area contributed by atoms with Crippen molar-refractivity contribution in [2.24, 2.45) is 5.41 Å². The van der Waals surface area contributed by atoms with E-state index in [1.165, 1.54) is 6.07 Å². The van der Waals surface area contributed by atoms with Crippen LogP contribution in [0.25, 0.3) is 11.0 Å². The molecule has 1 atom stereocenters. The van der Waals surface area contributed by atoms with Crippen molar-refractivity contribution < 1.29 is 18.3 Å². The fraction of sp³-hybridized carbons (Fsp3) is 0.500. The van der Waals surface area contributed by atoms with Gasteiger partial charge in [-0.25, -0.2) is 4.39 Å². The first kappa shape index (κ1) is 16.0. The van der Waals surface area contributed by atoms with Crippen LogP contribution in [0.4, 0.5) is 4.39 Å². The molecule has 23 heavy (non-hydrogen) atoms. The Kier molecular flexibility index (Phi) is 4.39. The first-order valence-corrected chi connectivity index (χ1v) is 8.05. The van der Waals surface area contributed by atoms with E-state index in [-0.39, 0.29) is 28.8 Å². The molecule has 124 valence electrons. The molecule has 1 aromatic carbocycles. The van der Waals surface area contributed by atoms with Crippen LogP contribution in [-0.2, 0) is 4.74 Å². The van der Waals surface area contributed by atoms with Crippen molar-refractivity contribution in [3.63, 3.8) is 0 Å². The van der Waals surface area contributed by atoms with Crippen molar-refractivity contribution >= 4 is 16.9 Å². The molecule has 0 radical (unpaired) electrons. The molecule has 1 aromatic heterocycles. The van der Waals surface area contributed by atoms with Gasteiger partial charge in [-0.3, -0.25) is 4.79 Å². The van der Waals surface area contributed by atoms with E-state index in [0.29, 0.717) is 11.9 Å². The summed E-state index contributed by atoms with van der Waals surface area (Å²) in [6.45, 7) is 5.43. The lowest BCUT2D eigenvalue weighted by Gasteiger charge is -2.36. The van der Waals surface area contributed by atoms with Crippen LogP contribution in [0.1, 0.15) is 43.7 Å². The first-order valence-electron chi connectivity index (χ1n) is 8.05. The monoisotopic (exact) mass is 319 g/mol. The Morgan fingerprint density at radius 3 is 2.91 bits per heavy atom. The quantitative estimate of drug-likeness (QED) is 0.930. The van der Waals surface area contributed by atoms with Gasteiger partial charge in [0.05, 0.1) is 6.10 Å². The van der Waals surface area contributed by atoms with E-state index < -0.39 is 5.82 Å². The largest absolute Gasteiger partial charge is 0.448 e. The lowest BCUT2D eigenvalue weighted by molar-refractivity contribution is -0.0531. The standard InChI is InChI=1S/C18H22FNO3/c1-18(2,15-8-3-4-9-22-15)11-20-17(21)14-10-12-6-5-7-13(19)16(12)23-14/h5-7,10,15H,3-4,8-9,11H2,1-2H3,(H,20,21)/t15-/m0/s1. The minimum absolute atomic E-state index is 0.118. The molecule has 1 aliphatic rings. The number of para-hydroxylation sites is 1. The second-order valence-electron chi connectivity index (χ2n) is 6.80. The number of fused-ring (bicyclic) bond motifs is 1. The zero-order chi connectivity index (χ0) is 16.4. The molecule has 0 bridgehead atoms. The van der Waals surface area contributed by atoms with Crippen LogP contribution in [0.5, 0.6) is 0 Å². The third-order valence-corrected chi connectivity index (χ3v) is 4.48. The predicted octanol–water partition coefficient (Wildman–Crippen LogP) is 3.90. The molecule has 5 heteroatoms. The summed E-state index contributed by atoms with van der Waals surface area (Å²) in [5.41, 5.74) is -0.0413. The zero-order valence-corrected chi connectivity index (χ0v) is 13.5. The molecular weight excluding hydrogens is 297 g/mol. The second kappa shape index (κ2) is 6.32. The Bertz CT molecular complexity index is 701. The minimum Gasteiger partial charge on any atom is -0.448 e. The van der Waals surface area contributed by atoms with Gasteiger partial charge in [0, 0.05) is 24.0 Å². The van der Waals surface area contributed by atoms with Gasteiger partial charge in [-0.1, -0.05) is 26.0 Å². The van der Waals surface area contributed by atoms with Crippen LogP contribution in [0, 0.1) is 11.2 Å². The summed E-state index contributed by atoms with van der Waals surface area (Å²) in [5.74, 6) is -0.660. The Labute approximate surface area is 135 Å². The molecule has 1 fully saturated rings. The average Bonchev–Trinajstić information content (AvgIpc) is 2.99. The Balaban J connectivity index is 1.67. The van der Waals surface area contributed by atoms with E-state index >= 15 is 0 Å². The number of rotatable bonds is 4. The number of hydrogen-bond donors (Lipinski definition) is 1. The summed E-state index contributed by atoms with van der Waals surface area (Å²) in [6, 6.07) is 6.20. The van der Waals surface area contributed by atoms with Crippen LogP contribution < -0.4 is 5.32 Å². The number of furan rings is 1. The summed E-state index contributed by atoms with van der Waals surface area (Å²) in [5, 5.41) is 3.47. The molecular formula is C18H22FNO3. The topological polar surface area (TPSA) is 51.5 Å². The highest BCUT2D eigenvalue weighted by Crippen LogP contribution is 2.30. The summed E-state index contributed by atoms with van der Waals surface area (Å²) in [4.78, 5) is 12.3. The maximum atomic E-state index is 13.6. The highest BCUT2D eigenvalue weighted by molar-refractivity contribution is 5.96. The van der Waals surface area contributed by atoms with Crippen molar-refractivity contribution in [1.82, 2.24) is 5.32 Å². The van der Waals surface area contributed by atoms with Crippen LogP contribution in [0.15, 0.2) is 28.7 Å². The van der Waals surface area contributed by atoms with Gasteiger partial charge in [-0.15, -0.1) is 0 Å². The van der Waals surface area contributed by atoms with Gasteiger partial charge < -0.3 is 14.5 Å². The molecule has 3 rings (SSSR count). The molecule has 2 aromatic rings. The van der Waals surface area contributed by atoms with Gasteiger partial charge >= 0.3 is 0 Å². The molecule has 0 unspecified atom stereocenters. The Hall–Kier alpha value is -1.88. The Morgan fingerprint density at radius 2 is 2.22 bits per heavy atom. The Morgan fingerprint density at radius 1 is 1.39 bits per heavy atom. The molecule has 0 saturated carbocycles. The summed E-state index contributed by atoms with van der Waals surface area (Å²) in [6.07, 6.45) is 3.41. The molecule has 0 aliphatic carbocycles. The van der Waals surface area contributed by atoms with E-state index in [1.54, 1.807) is 18.2 Å². The highest BCUT2D eigenvalue weighted by atomic mass is 19.1. The summed E-state index contributed by atoms with van der Waals surface area (Å²) < 4.78 is 24.8. The molecule has 4 nitrogen and oxygen atoms in total. The van der Waals surface area contributed by atoms with Gasteiger partial charge in [0.15, 0.2) is 17.2 Å². The van der Waals surface area contributed by atoms with Gasteiger partial charge in [-0.2, -0.15) is 0 Å². The second-order valence-corrected chi connectivity index (χ2v) is 6.80. The number of hydrogen-bond acceptors (Lipinski definition) is 3. The van der Waals surface area contributed by atoms with Crippen molar-refractivity contribution in [3.8, 4) is 0 Å². The van der Waals surface area contributed by atoms with E-state index in [1.807, 2.05) is 0 Å². The number of amides is 1. The minimum atomic E-state index is -0.461. The molecule has 0 spiro atoms. The molecule has 2 heterocycles. The number of ether oxygens (including phenoxy) is 1. The number of nitrogens with one attached hydrogen (secondary N) is 1. The normalized spacial score (nSPS) is 19.0. The summed E-state index contributed by atoms with van der Waals surface area (Å²) in [7, 11) is 0. The smallest absolute Gasteiger partial charge is 0.287 e. The summed E-state index contributed by atoms with van der Waals surface area (Å²) >= 11 is 0. The lowest BCUT2D eigenvalue weighted by Crippen LogP contribution is -2.43. The predicted molar refractivity (Wildman–Crippen MR) is 85.9 cm³/mol. The third-order valence-electron chi connectivity index (χ3n) is 4.48. The van der Waals surface area contributed by atoms with E-state index in [0.717, 1.165) is 25.9 Å². The van der Waals surface area contributed by atoms with Crippen molar-refractivity contribution in [1.29, 1.82) is 0 Å². The van der Waals surface area contributed by atoms with E-state index in [2.05, 4.69) is 19.2 Å². The fourth-order valence-corrected chi connectivity index (χ4v) is 3.01. The molecule has 1 amide bonds. The van der Waals surface area contributed by atoms with E-state index in [4.69, 9.17) is 9.15 Å². The average molecular weight is 319 g/mol. The maximum absolute atomic E-state index is 13.6. The third kappa shape index (κ3) is 3.39. The van der Waals surface area contributed by atoms with Gasteiger partial charge in [-0.05, 0) is 31.4 Å². The highest BCUT2D eigenvalue weighted by Gasteiger charge is 2.32. The number of carbonyl (C=O) groups excluding carboxylic acids is 1. The van der Waals surface area contributed by atoms with Crippen molar-refractivity contribution in [3.05, 3.63) is 35.8 Å². The van der Waals surface area contributed by atoms with E-state index in [9.17, 15) is 9.18 Å². The molecule has 1 N–H and O–H groups in total. The van der Waals surface area contributed by atoms with Crippen molar-refractivity contribution in [2.75, 3.05) is 13.2 Å². The lowest BCUT2D eigenvalue weighted by atomic mass is 9.82. The zero-order valence-electron chi connectivity index (χ0n) is 13.5. The maximum Gasteiger partial charge on any atom is 0.287 e. The number of carbonyl (C=O) groups is 1. The van der Waals surface area contributed by atoms with Crippen LogP contribution in [-0.4, -0.2) is 25.2 Å². The molecule has 1 aliphatic heterocycles. The SMILES string of the molecule is CC(C)(CNC(=O)c1cc2cccc(F)c2o1)[C@@H]1CCCCO1. The van der Waals surface area contributed by atoms with Crippen molar-refractivity contribution in [2.45, 2.75) is 39.2 Å². The van der Waals surface area contributed by atoms with Crippen LogP contribution >= 0.6 is 0 Å². The number of halogens is 1. The fourth-order valence-electron chi connectivity index (χ4n) is 3.01. The van der Waals surface area contributed by atoms with Crippen LogP contribution in [0.2, 0.25) is 0 Å². The number of benzene rings is 1. The van der Waals surface area contributed by atoms with Gasteiger partial charge in [0.1, 0.15) is 0 Å². The first-order chi connectivity index (χ1) is 11.0. The van der Waals surface area contributed by atoms with Gasteiger partial charge in [0.25, 0.3) is 5.91 Å².